The highest BCUT2D eigenvalue weighted by Crippen LogP contribution is 2.34. The number of benzene rings is 2. The summed E-state index contributed by atoms with van der Waals surface area (Å²) in [5, 5.41) is 8.79. The molecule has 1 atom stereocenters. The van der Waals surface area contributed by atoms with E-state index < -0.39 is 11.4 Å². The third-order valence-electron chi connectivity index (χ3n) is 4.99. The fourth-order valence-electron chi connectivity index (χ4n) is 3.43. The number of carbonyl (C=O) groups is 1. The van der Waals surface area contributed by atoms with Gasteiger partial charge in [-0.3, -0.25) is 0 Å². The molecule has 154 valence electrons. The number of aldehydes is 1. The van der Waals surface area contributed by atoms with Crippen molar-refractivity contribution in [1.82, 2.24) is 9.55 Å². The minimum Gasteiger partial charge on any atom is -0.315 e. The second kappa shape index (κ2) is 8.47. The molecule has 0 bridgehead atoms. The standard InChI is InChI=1S/C22H19Cl2FN4O/c1-14-12-27-21(28(3)17-8-18(23)20(25)19(24)9-17)29(14)22(2,13-30)10-15-4-6-16(11-26)7-5-15/h4-9,12-13H,10H2,1-3H3/t22-/m1/s1. The molecule has 0 fully saturated rings. The molecule has 0 unspecified atom stereocenters. The smallest absolute Gasteiger partial charge is 0.210 e. The van der Waals surface area contributed by atoms with E-state index in [0.717, 1.165) is 17.5 Å². The van der Waals surface area contributed by atoms with Crippen molar-refractivity contribution in [2.75, 3.05) is 11.9 Å². The van der Waals surface area contributed by atoms with Crippen LogP contribution in [0.5, 0.6) is 0 Å². The van der Waals surface area contributed by atoms with E-state index in [1.165, 1.54) is 12.1 Å². The Morgan fingerprint density at radius 3 is 2.40 bits per heavy atom. The van der Waals surface area contributed by atoms with Crippen LogP contribution in [0.15, 0.2) is 42.6 Å². The van der Waals surface area contributed by atoms with Crippen molar-refractivity contribution in [2.24, 2.45) is 0 Å². The Labute approximate surface area is 184 Å². The molecule has 1 heterocycles. The third kappa shape index (κ3) is 4.04. The van der Waals surface area contributed by atoms with E-state index in [9.17, 15) is 9.18 Å². The Balaban J connectivity index is 2.04. The van der Waals surface area contributed by atoms with Gasteiger partial charge in [-0.1, -0.05) is 35.3 Å². The van der Waals surface area contributed by atoms with Crippen LogP contribution in [0.4, 0.5) is 16.0 Å². The summed E-state index contributed by atoms with van der Waals surface area (Å²) in [5.74, 6) is -0.206. The molecular formula is C22H19Cl2FN4O. The van der Waals surface area contributed by atoms with Gasteiger partial charge in [0.2, 0.25) is 5.95 Å². The van der Waals surface area contributed by atoms with E-state index >= 15 is 0 Å². The quantitative estimate of drug-likeness (QED) is 0.375. The zero-order chi connectivity index (χ0) is 22.1. The predicted octanol–water partition coefficient (Wildman–Crippen LogP) is 5.43. The highest BCUT2D eigenvalue weighted by Gasteiger charge is 2.32. The first-order valence-corrected chi connectivity index (χ1v) is 9.84. The number of halogens is 3. The lowest BCUT2D eigenvalue weighted by molar-refractivity contribution is -0.114. The number of hydrogen-bond acceptors (Lipinski definition) is 4. The number of carbonyl (C=O) groups excluding carboxylic acids is 1. The molecule has 0 saturated carbocycles. The van der Waals surface area contributed by atoms with Crippen LogP contribution in [-0.4, -0.2) is 22.9 Å². The maximum atomic E-state index is 13.8. The number of hydrogen-bond donors (Lipinski definition) is 0. The van der Waals surface area contributed by atoms with Gasteiger partial charge in [0.05, 0.1) is 27.9 Å². The molecule has 0 spiro atoms. The molecule has 30 heavy (non-hydrogen) atoms. The Morgan fingerprint density at radius 2 is 1.87 bits per heavy atom. The molecule has 2 aromatic carbocycles. The Kier molecular flexibility index (Phi) is 6.16. The number of imidazole rings is 1. The van der Waals surface area contributed by atoms with E-state index in [4.69, 9.17) is 28.5 Å². The van der Waals surface area contributed by atoms with Crippen LogP contribution in [-0.2, 0) is 16.8 Å². The first kappa shape index (κ1) is 21.8. The van der Waals surface area contributed by atoms with Gasteiger partial charge in [0.15, 0.2) is 5.82 Å². The van der Waals surface area contributed by atoms with Crippen LogP contribution < -0.4 is 4.90 Å². The summed E-state index contributed by atoms with van der Waals surface area (Å²) in [6, 6.07) is 12.1. The molecular weight excluding hydrogens is 426 g/mol. The van der Waals surface area contributed by atoms with E-state index in [1.807, 2.05) is 30.5 Å². The van der Waals surface area contributed by atoms with Crippen LogP contribution in [0.1, 0.15) is 23.7 Å². The Bertz CT molecular complexity index is 1110. The van der Waals surface area contributed by atoms with Crippen molar-refractivity contribution in [3.8, 4) is 6.07 Å². The van der Waals surface area contributed by atoms with E-state index in [1.54, 1.807) is 30.3 Å². The van der Waals surface area contributed by atoms with E-state index in [-0.39, 0.29) is 10.0 Å². The van der Waals surface area contributed by atoms with Crippen molar-refractivity contribution in [1.29, 1.82) is 5.26 Å². The maximum absolute atomic E-state index is 13.8. The van der Waals surface area contributed by atoms with Gasteiger partial charge in [-0.05, 0) is 43.7 Å². The van der Waals surface area contributed by atoms with Gasteiger partial charge in [-0.2, -0.15) is 5.26 Å². The van der Waals surface area contributed by atoms with Gasteiger partial charge in [-0.15, -0.1) is 0 Å². The van der Waals surface area contributed by atoms with Crippen LogP contribution in [0.2, 0.25) is 10.0 Å². The van der Waals surface area contributed by atoms with Crippen molar-refractivity contribution < 1.29 is 9.18 Å². The number of aryl methyl sites for hydroxylation is 1. The minimum absolute atomic E-state index is 0.102. The molecule has 0 aliphatic carbocycles. The summed E-state index contributed by atoms with van der Waals surface area (Å²) < 4.78 is 15.7. The van der Waals surface area contributed by atoms with Crippen LogP contribution >= 0.6 is 23.2 Å². The van der Waals surface area contributed by atoms with Gasteiger partial charge in [0, 0.05) is 24.8 Å². The second-order valence-electron chi connectivity index (χ2n) is 7.28. The van der Waals surface area contributed by atoms with Gasteiger partial charge in [0.1, 0.15) is 11.8 Å². The van der Waals surface area contributed by atoms with Gasteiger partial charge >= 0.3 is 0 Å². The maximum Gasteiger partial charge on any atom is 0.210 e. The second-order valence-corrected chi connectivity index (χ2v) is 8.09. The first-order valence-electron chi connectivity index (χ1n) is 9.08. The van der Waals surface area contributed by atoms with Crippen molar-refractivity contribution in [2.45, 2.75) is 25.8 Å². The highest BCUT2D eigenvalue weighted by molar-refractivity contribution is 6.35. The molecule has 0 radical (unpaired) electrons. The lowest BCUT2D eigenvalue weighted by atomic mass is 9.93. The normalized spacial score (nSPS) is 12.8. The fraction of sp³-hybridized carbons (Fsp3) is 0.227. The van der Waals surface area contributed by atoms with E-state index in [2.05, 4.69) is 11.1 Å². The topological polar surface area (TPSA) is 61.9 Å². The fourth-order valence-corrected chi connectivity index (χ4v) is 3.90. The number of nitriles is 1. The molecule has 0 aliphatic heterocycles. The SMILES string of the molecule is Cc1cnc(N(C)c2cc(Cl)c(F)c(Cl)c2)n1[C@@](C)(C=O)Cc1ccc(C#N)cc1. The molecule has 8 heteroatoms. The zero-order valence-electron chi connectivity index (χ0n) is 16.7. The van der Waals surface area contributed by atoms with Crippen molar-refractivity contribution in [3.05, 3.63) is 75.3 Å². The molecule has 0 saturated heterocycles. The van der Waals surface area contributed by atoms with Crippen LogP contribution in [0.25, 0.3) is 0 Å². The molecule has 0 aliphatic rings. The van der Waals surface area contributed by atoms with Gasteiger partial charge in [0.25, 0.3) is 0 Å². The minimum atomic E-state index is -0.952. The summed E-state index contributed by atoms with van der Waals surface area (Å²) in [4.78, 5) is 18.4. The molecule has 1 aromatic heterocycles. The molecule has 3 rings (SSSR count). The van der Waals surface area contributed by atoms with Gasteiger partial charge in [-0.25, -0.2) is 9.37 Å². The number of aromatic nitrogens is 2. The summed E-state index contributed by atoms with van der Waals surface area (Å²) in [7, 11) is 1.74. The molecule has 0 N–H and O–H groups in total. The predicted molar refractivity (Wildman–Crippen MR) is 116 cm³/mol. The lowest BCUT2D eigenvalue weighted by Crippen LogP contribution is -2.37. The third-order valence-corrected chi connectivity index (χ3v) is 5.54. The Morgan fingerprint density at radius 1 is 1.27 bits per heavy atom. The Hall–Kier alpha value is -2.88. The molecule has 3 aromatic rings. The molecule has 5 nitrogen and oxygen atoms in total. The van der Waals surface area contributed by atoms with Crippen molar-refractivity contribution >= 4 is 41.1 Å². The summed E-state index contributed by atoms with van der Waals surface area (Å²) in [5.41, 5.74) is 1.81. The van der Waals surface area contributed by atoms with Gasteiger partial charge < -0.3 is 14.3 Å². The monoisotopic (exact) mass is 444 g/mol. The molecule has 0 amide bonds. The van der Waals surface area contributed by atoms with Crippen LogP contribution in [0, 0.1) is 24.1 Å². The number of anilines is 2. The largest absolute Gasteiger partial charge is 0.315 e. The van der Waals surface area contributed by atoms with Crippen molar-refractivity contribution in [3.63, 3.8) is 0 Å². The summed E-state index contributed by atoms with van der Waals surface area (Å²) in [6.45, 7) is 3.67. The summed E-state index contributed by atoms with van der Waals surface area (Å²) >= 11 is 11.9. The average Bonchev–Trinajstić information content (AvgIpc) is 3.13. The first-order chi connectivity index (χ1) is 14.2. The number of rotatable bonds is 6. The highest BCUT2D eigenvalue weighted by atomic mass is 35.5. The summed E-state index contributed by atoms with van der Waals surface area (Å²) in [6.07, 6.45) is 2.94. The lowest BCUT2D eigenvalue weighted by Gasteiger charge is -2.31. The van der Waals surface area contributed by atoms with E-state index in [0.29, 0.717) is 23.6 Å². The van der Waals surface area contributed by atoms with Crippen LogP contribution in [0.3, 0.4) is 0 Å². The number of nitrogens with zero attached hydrogens (tertiary/aromatic N) is 4. The zero-order valence-corrected chi connectivity index (χ0v) is 18.2. The average molecular weight is 445 g/mol.